The quantitative estimate of drug-likeness (QED) is 0.605. The van der Waals surface area contributed by atoms with Crippen molar-refractivity contribution in [3.05, 3.63) is 23.8 Å². The summed E-state index contributed by atoms with van der Waals surface area (Å²) < 4.78 is 33.6. The van der Waals surface area contributed by atoms with Crippen LogP contribution >= 0.6 is 0 Å². The van der Waals surface area contributed by atoms with Gasteiger partial charge in [-0.25, -0.2) is 13.2 Å². The van der Waals surface area contributed by atoms with Gasteiger partial charge in [0, 0.05) is 6.54 Å². The highest BCUT2D eigenvalue weighted by molar-refractivity contribution is 7.91. The van der Waals surface area contributed by atoms with Crippen molar-refractivity contribution >= 4 is 27.7 Å². The Labute approximate surface area is 168 Å². The summed E-state index contributed by atoms with van der Waals surface area (Å²) in [6.45, 7) is -0.265. The first-order chi connectivity index (χ1) is 13.7. The van der Waals surface area contributed by atoms with Crippen molar-refractivity contribution in [2.45, 2.75) is 24.9 Å². The Morgan fingerprint density at radius 1 is 1.17 bits per heavy atom. The fourth-order valence-electron chi connectivity index (χ4n) is 3.44. The molecule has 2 fully saturated rings. The van der Waals surface area contributed by atoms with E-state index in [9.17, 15) is 22.8 Å². The number of imide groups is 1. The van der Waals surface area contributed by atoms with E-state index in [1.165, 1.54) is 14.2 Å². The van der Waals surface area contributed by atoms with E-state index < -0.39 is 39.8 Å². The molecule has 2 saturated heterocycles. The fraction of sp³-hybridized carbons (Fsp3) is 0.500. The van der Waals surface area contributed by atoms with Gasteiger partial charge in [-0.05, 0) is 30.5 Å². The first-order valence-electron chi connectivity index (χ1n) is 9.02. The van der Waals surface area contributed by atoms with E-state index in [1.807, 2.05) is 0 Å². The molecule has 11 heteroatoms. The Kier molecular flexibility index (Phi) is 5.69. The second-order valence-electron chi connectivity index (χ2n) is 7.02. The Morgan fingerprint density at radius 3 is 2.45 bits per heavy atom. The summed E-state index contributed by atoms with van der Waals surface area (Å²) in [5, 5.41) is 5.23. The van der Waals surface area contributed by atoms with Gasteiger partial charge in [-0.1, -0.05) is 6.07 Å². The van der Waals surface area contributed by atoms with E-state index in [2.05, 4.69) is 10.6 Å². The van der Waals surface area contributed by atoms with Gasteiger partial charge in [0.15, 0.2) is 21.3 Å². The molecule has 0 radical (unpaired) electrons. The number of ether oxygens (including phenoxy) is 2. The van der Waals surface area contributed by atoms with Crippen LogP contribution < -0.4 is 20.1 Å². The number of nitrogens with one attached hydrogen (secondary N) is 2. The molecule has 4 amide bonds. The third kappa shape index (κ3) is 4.29. The predicted octanol–water partition coefficient (Wildman–Crippen LogP) is -0.181. The first-order valence-corrected chi connectivity index (χ1v) is 10.8. The van der Waals surface area contributed by atoms with Crippen molar-refractivity contribution in [3.63, 3.8) is 0 Å². The van der Waals surface area contributed by atoms with Crippen LogP contribution in [0.25, 0.3) is 0 Å². The number of sulfone groups is 1. The third-order valence-corrected chi connectivity index (χ3v) is 6.82. The Hall–Kier alpha value is -2.82. The minimum Gasteiger partial charge on any atom is -0.493 e. The molecule has 1 aromatic carbocycles. The number of rotatable bonds is 6. The van der Waals surface area contributed by atoms with Gasteiger partial charge in [-0.15, -0.1) is 0 Å². The number of hydrogen-bond donors (Lipinski definition) is 2. The second kappa shape index (κ2) is 7.90. The highest BCUT2D eigenvalue weighted by Crippen LogP contribution is 2.30. The predicted molar refractivity (Wildman–Crippen MR) is 102 cm³/mol. The Bertz CT molecular complexity index is 931. The molecule has 1 aromatic rings. The van der Waals surface area contributed by atoms with Crippen LogP contribution in [0.4, 0.5) is 4.79 Å². The molecular formula is C18H23N3O7S. The summed E-state index contributed by atoms with van der Waals surface area (Å²) in [5.41, 5.74) is -0.478. The molecular weight excluding hydrogens is 402 g/mol. The van der Waals surface area contributed by atoms with Crippen LogP contribution in [-0.4, -0.2) is 69.0 Å². The average Bonchev–Trinajstić information content (AvgIpc) is 2.93. The van der Waals surface area contributed by atoms with Crippen molar-refractivity contribution in [2.75, 3.05) is 32.3 Å². The Morgan fingerprint density at radius 2 is 1.83 bits per heavy atom. The van der Waals surface area contributed by atoms with E-state index >= 15 is 0 Å². The van der Waals surface area contributed by atoms with Crippen molar-refractivity contribution in [3.8, 4) is 11.5 Å². The number of nitrogens with zero attached hydrogens (tertiary/aromatic N) is 1. The number of carbonyl (C=O) groups excluding carboxylic acids is 3. The van der Waals surface area contributed by atoms with Gasteiger partial charge in [-0.3, -0.25) is 14.5 Å². The van der Waals surface area contributed by atoms with Crippen molar-refractivity contribution in [2.24, 2.45) is 0 Å². The lowest BCUT2D eigenvalue weighted by Crippen LogP contribution is -2.52. The number of hydrogen-bond acceptors (Lipinski definition) is 7. The zero-order chi connectivity index (χ0) is 21.2. The van der Waals surface area contributed by atoms with E-state index in [0.29, 0.717) is 11.5 Å². The molecule has 10 nitrogen and oxygen atoms in total. The fourth-order valence-corrected chi connectivity index (χ4v) is 4.96. The van der Waals surface area contributed by atoms with Gasteiger partial charge >= 0.3 is 6.03 Å². The number of amides is 4. The van der Waals surface area contributed by atoms with E-state index in [1.54, 1.807) is 18.2 Å². The number of carbonyl (C=O) groups is 3. The lowest BCUT2D eigenvalue weighted by molar-refractivity contribution is -0.135. The van der Waals surface area contributed by atoms with Gasteiger partial charge in [-0.2, -0.15) is 0 Å². The summed E-state index contributed by atoms with van der Waals surface area (Å²) >= 11 is 0. The molecule has 2 heterocycles. The minimum absolute atomic E-state index is 0.0175. The maximum Gasteiger partial charge on any atom is 0.325 e. The van der Waals surface area contributed by atoms with Gasteiger partial charge in [0.1, 0.15) is 12.1 Å². The highest BCUT2D eigenvalue weighted by atomic mass is 32.2. The standard InChI is InChI=1S/C18H23N3O7S/c1-27-13-4-3-12(9-14(13)28-2)10-19-15(22)11-21-16(23)18(20-17(21)24)5-7-29(25,26)8-6-18/h3-4,9H,5-8,10-11H2,1-2H3,(H,19,22)(H,20,24). The molecule has 0 unspecified atom stereocenters. The zero-order valence-corrected chi connectivity index (χ0v) is 17.0. The molecule has 2 aliphatic rings. The smallest absolute Gasteiger partial charge is 0.325 e. The average molecular weight is 425 g/mol. The monoisotopic (exact) mass is 425 g/mol. The molecule has 1 spiro atoms. The van der Waals surface area contributed by atoms with Crippen molar-refractivity contribution in [1.29, 1.82) is 0 Å². The summed E-state index contributed by atoms with van der Waals surface area (Å²) in [6, 6.07) is 4.49. The van der Waals surface area contributed by atoms with E-state index in [4.69, 9.17) is 9.47 Å². The molecule has 158 valence electrons. The molecule has 2 aliphatic heterocycles. The molecule has 0 bridgehead atoms. The summed E-state index contributed by atoms with van der Waals surface area (Å²) in [4.78, 5) is 38.0. The normalized spacial score (nSPS) is 19.7. The summed E-state index contributed by atoms with van der Waals surface area (Å²) in [5.74, 6) is -0.330. The number of benzene rings is 1. The van der Waals surface area contributed by atoms with Crippen LogP contribution in [0.3, 0.4) is 0 Å². The molecule has 29 heavy (non-hydrogen) atoms. The van der Waals surface area contributed by atoms with Gasteiger partial charge in [0.2, 0.25) is 5.91 Å². The van der Waals surface area contributed by atoms with Crippen LogP contribution in [0.2, 0.25) is 0 Å². The van der Waals surface area contributed by atoms with Crippen LogP contribution in [0, 0.1) is 0 Å². The van der Waals surface area contributed by atoms with Gasteiger partial charge in [0.05, 0.1) is 25.7 Å². The van der Waals surface area contributed by atoms with Gasteiger partial charge < -0.3 is 20.1 Å². The number of methoxy groups -OCH3 is 2. The van der Waals surface area contributed by atoms with Crippen LogP contribution in [0.1, 0.15) is 18.4 Å². The highest BCUT2D eigenvalue weighted by Gasteiger charge is 2.53. The maximum absolute atomic E-state index is 12.7. The lowest BCUT2D eigenvalue weighted by atomic mass is 9.92. The molecule has 2 N–H and O–H groups in total. The SMILES string of the molecule is COc1ccc(CNC(=O)CN2C(=O)NC3(CCS(=O)(=O)CC3)C2=O)cc1OC. The van der Waals surface area contributed by atoms with Crippen molar-refractivity contribution in [1.82, 2.24) is 15.5 Å². The Balaban J connectivity index is 1.59. The van der Waals surface area contributed by atoms with Crippen LogP contribution in [-0.2, 0) is 26.0 Å². The largest absolute Gasteiger partial charge is 0.493 e. The van der Waals surface area contributed by atoms with Crippen LogP contribution in [0.15, 0.2) is 18.2 Å². The van der Waals surface area contributed by atoms with E-state index in [-0.39, 0.29) is 30.9 Å². The lowest BCUT2D eigenvalue weighted by Gasteiger charge is -2.30. The second-order valence-corrected chi connectivity index (χ2v) is 9.33. The molecule has 0 saturated carbocycles. The topological polar surface area (TPSA) is 131 Å². The summed E-state index contributed by atoms with van der Waals surface area (Å²) in [7, 11) is -0.174. The zero-order valence-electron chi connectivity index (χ0n) is 16.2. The molecule has 0 aromatic heterocycles. The third-order valence-electron chi connectivity index (χ3n) is 5.16. The first kappa shape index (κ1) is 20.9. The van der Waals surface area contributed by atoms with Crippen LogP contribution in [0.5, 0.6) is 11.5 Å². The van der Waals surface area contributed by atoms with E-state index in [0.717, 1.165) is 10.5 Å². The molecule has 0 atom stereocenters. The van der Waals surface area contributed by atoms with Crippen molar-refractivity contribution < 1.29 is 32.3 Å². The van der Waals surface area contributed by atoms with Gasteiger partial charge in [0.25, 0.3) is 5.91 Å². The minimum atomic E-state index is -3.20. The molecule has 0 aliphatic carbocycles. The molecule has 3 rings (SSSR count). The maximum atomic E-state index is 12.7. The number of urea groups is 1. The summed E-state index contributed by atoms with van der Waals surface area (Å²) in [6.07, 6.45) is 0.0351.